The fourth-order valence-electron chi connectivity index (χ4n) is 3.71. The second-order valence-corrected chi connectivity index (χ2v) is 7.14. The van der Waals surface area contributed by atoms with Gasteiger partial charge < -0.3 is 30.4 Å². The maximum atomic E-state index is 11.1. The summed E-state index contributed by atoms with van der Waals surface area (Å²) >= 11 is 0. The average Bonchev–Trinajstić information content (AvgIpc) is 3.25. The number of nitrogens with two attached hydrogens (primary N) is 2. The molecule has 2 aromatic carbocycles. The van der Waals surface area contributed by atoms with Crippen molar-refractivity contribution in [2.45, 2.75) is 5.92 Å². The number of aromatic amines is 1. The van der Waals surface area contributed by atoms with Crippen LogP contribution in [0.4, 0.5) is 0 Å². The molecule has 0 bridgehead atoms. The Morgan fingerprint density at radius 3 is 2.73 bits per heavy atom. The monoisotopic (exact) mass is 447 g/mol. The number of carbonyl (C=O) groups excluding carboxylic acids is 1. The normalized spacial score (nSPS) is 14.6. The van der Waals surface area contributed by atoms with Crippen LogP contribution in [0.3, 0.4) is 0 Å². The number of rotatable bonds is 7. The van der Waals surface area contributed by atoms with Gasteiger partial charge in [0.2, 0.25) is 11.8 Å². The molecule has 0 fully saturated rings. The van der Waals surface area contributed by atoms with Crippen LogP contribution >= 0.6 is 0 Å². The number of methoxy groups -OCH3 is 2. The number of nitriles is 1. The fraction of sp³-hybridized carbons (Fsp3) is 0.174. The molecule has 3 aromatic rings. The van der Waals surface area contributed by atoms with E-state index in [0.29, 0.717) is 34.1 Å². The molecule has 0 saturated heterocycles. The zero-order valence-corrected chi connectivity index (χ0v) is 17.9. The Labute approximate surface area is 189 Å². The Morgan fingerprint density at radius 1 is 1.21 bits per heavy atom. The van der Waals surface area contributed by atoms with Crippen molar-refractivity contribution < 1.29 is 23.7 Å². The Kier molecular flexibility index (Phi) is 5.78. The van der Waals surface area contributed by atoms with Crippen molar-refractivity contribution >= 4 is 5.91 Å². The summed E-state index contributed by atoms with van der Waals surface area (Å²) in [6, 6.07) is 14.7. The highest BCUT2D eigenvalue weighted by molar-refractivity contribution is 5.75. The predicted molar refractivity (Wildman–Crippen MR) is 118 cm³/mol. The number of benzene rings is 2. The number of hydrogen-bond donors (Lipinski definition) is 3. The molecule has 10 nitrogen and oxygen atoms in total. The van der Waals surface area contributed by atoms with Gasteiger partial charge in [0.05, 0.1) is 31.4 Å². The Balaban J connectivity index is 1.86. The third-order valence-electron chi connectivity index (χ3n) is 5.19. The smallest absolute Gasteiger partial charge is 0.255 e. The Morgan fingerprint density at radius 2 is 2.03 bits per heavy atom. The summed E-state index contributed by atoms with van der Waals surface area (Å²) in [6.45, 7) is -0.296. The van der Waals surface area contributed by atoms with E-state index in [-0.39, 0.29) is 23.9 Å². The van der Waals surface area contributed by atoms with Crippen LogP contribution in [0.5, 0.6) is 23.1 Å². The summed E-state index contributed by atoms with van der Waals surface area (Å²) in [5.41, 5.74) is 14.2. The van der Waals surface area contributed by atoms with Crippen molar-refractivity contribution in [3.8, 4) is 40.5 Å². The molecule has 4 rings (SSSR count). The number of allylic oxidation sites excluding steroid dienone is 1. The van der Waals surface area contributed by atoms with Crippen molar-refractivity contribution in [2.24, 2.45) is 11.5 Å². The summed E-state index contributed by atoms with van der Waals surface area (Å²) in [5, 5.41) is 17.2. The van der Waals surface area contributed by atoms with Crippen molar-refractivity contribution in [3.05, 3.63) is 65.0 Å². The molecule has 1 atom stereocenters. The van der Waals surface area contributed by atoms with Gasteiger partial charge in [0.1, 0.15) is 17.4 Å². The van der Waals surface area contributed by atoms with E-state index < -0.39 is 11.8 Å². The van der Waals surface area contributed by atoms with Gasteiger partial charge in [-0.1, -0.05) is 18.2 Å². The van der Waals surface area contributed by atoms with E-state index in [2.05, 4.69) is 16.3 Å². The second-order valence-electron chi connectivity index (χ2n) is 7.14. The lowest BCUT2D eigenvalue weighted by Crippen LogP contribution is -2.21. The number of aromatic nitrogens is 2. The first kappa shape index (κ1) is 21.6. The van der Waals surface area contributed by atoms with Crippen LogP contribution in [0.2, 0.25) is 0 Å². The summed E-state index contributed by atoms with van der Waals surface area (Å²) < 4.78 is 21.8. The van der Waals surface area contributed by atoms with Crippen LogP contribution in [-0.4, -0.2) is 36.9 Å². The van der Waals surface area contributed by atoms with E-state index in [1.165, 1.54) is 7.11 Å². The number of fused-ring (bicyclic) bond motifs is 1. The van der Waals surface area contributed by atoms with Crippen LogP contribution in [0.15, 0.2) is 53.9 Å². The number of primary amides is 1. The molecule has 1 aliphatic rings. The summed E-state index contributed by atoms with van der Waals surface area (Å²) in [6.07, 6.45) is 0. The van der Waals surface area contributed by atoms with E-state index in [0.717, 1.165) is 5.56 Å². The van der Waals surface area contributed by atoms with Gasteiger partial charge >= 0.3 is 0 Å². The third kappa shape index (κ3) is 3.99. The number of ether oxygens (including phenoxy) is 4. The topological polar surface area (TPSA) is 158 Å². The minimum absolute atomic E-state index is 0.0354. The first-order valence-corrected chi connectivity index (χ1v) is 9.86. The van der Waals surface area contributed by atoms with Crippen LogP contribution in [-0.2, 0) is 4.79 Å². The summed E-state index contributed by atoms with van der Waals surface area (Å²) in [7, 11) is 3.05. The van der Waals surface area contributed by atoms with Crippen LogP contribution in [0.25, 0.3) is 11.3 Å². The van der Waals surface area contributed by atoms with Gasteiger partial charge in [-0.3, -0.25) is 9.89 Å². The number of H-pyrrole nitrogens is 1. The molecule has 0 aliphatic carbocycles. The molecule has 33 heavy (non-hydrogen) atoms. The highest BCUT2D eigenvalue weighted by Crippen LogP contribution is 2.47. The number of amides is 1. The van der Waals surface area contributed by atoms with Gasteiger partial charge in [-0.05, 0) is 29.8 Å². The second kappa shape index (κ2) is 8.84. The molecule has 0 saturated carbocycles. The maximum absolute atomic E-state index is 11.1. The van der Waals surface area contributed by atoms with E-state index in [4.69, 9.17) is 30.4 Å². The van der Waals surface area contributed by atoms with Crippen molar-refractivity contribution in [3.63, 3.8) is 0 Å². The predicted octanol–water partition coefficient (Wildman–Crippen LogP) is 2.18. The fourth-order valence-corrected chi connectivity index (χ4v) is 3.71. The van der Waals surface area contributed by atoms with Crippen LogP contribution in [0.1, 0.15) is 17.0 Å². The van der Waals surface area contributed by atoms with Gasteiger partial charge in [0.25, 0.3) is 5.91 Å². The lowest BCUT2D eigenvalue weighted by Gasteiger charge is -2.25. The summed E-state index contributed by atoms with van der Waals surface area (Å²) in [5.74, 6) is 0.384. The van der Waals surface area contributed by atoms with Gasteiger partial charge in [-0.15, -0.1) is 5.10 Å². The number of hydrogen-bond acceptors (Lipinski definition) is 8. The number of nitrogens with one attached hydrogen (secondary N) is 1. The molecular formula is C23H21N5O5. The van der Waals surface area contributed by atoms with Crippen LogP contribution in [0, 0.1) is 11.3 Å². The molecule has 1 unspecified atom stereocenters. The van der Waals surface area contributed by atoms with Gasteiger partial charge in [-0.25, -0.2) is 0 Å². The summed E-state index contributed by atoms with van der Waals surface area (Å²) in [4.78, 5) is 11.1. The number of nitrogens with zero attached hydrogens (tertiary/aromatic N) is 2. The van der Waals surface area contributed by atoms with E-state index in [9.17, 15) is 10.1 Å². The highest BCUT2D eigenvalue weighted by atomic mass is 16.5. The molecule has 1 aliphatic heterocycles. The van der Waals surface area contributed by atoms with Crippen LogP contribution < -0.4 is 30.4 Å². The minimum Gasteiger partial charge on any atom is -0.497 e. The van der Waals surface area contributed by atoms with Crippen molar-refractivity contribution in [1.82, 2.24) is 10.2 Å². The Bertz CT molecular complexity index is 1290. The van der Waals surface area contributed by atoms with Crippen molar-refractivity contribution in [1.29, 1.82) is 5.26 Å². The molecule has 1 amide bonds. The molecule has 5 N–H and O–H groups in total. The molecular weight excluding hydrogens is 426 g/mol. The van der Waals surface area contributed by atoms with Gasteiger partial charge in [-0.2, -0.15) is 5.26 Å². The quantitative estimate of drug-likeness (QED) is 0.497. The van der Waals surface area contributed by atoms with E-state index in [1.54, 1.807) is 25.3 Å². The Hall–Kier alpha value is -4.65. The van der Waals surface area contributed by atoms with E-state index in [1.807, 2.05) is 24.3 Å². The number of carbonyl (C=O) groups is 1. The molecule has 10 heteroatoms. The van der Waals surface area contributed by atoms with Crippen molar-refractivity contribution in [2.75, 3.05) is 20.8 Å². The molecule has 0 spiro atoms. The third-order valence-corrected chi connectivity index (χ3v) is 5.19. The lowest BCUT2D eigenvalue weighted by atomic mass is 9.83. The zero-order valence-electron chi connectivity index (χ0n) is 17.9. The first-order chi connectivity index (χ1) is 16.0. The standard InChI is InChI=1S/C23H21N5O5/c1-30-14-5-3-4-13(8-14)21-20-19(15(10-24)22(26)33-23(20)28-27-21)12-6-7-16(17(9-12)31-2)32-11-18(25)29/h3-9,19H,11,26H2,1-2H3,(H2,25,29)(H,27,28). The average molecular weight is 447 g/mol. The van der Waals surface area contributed by atoms with Gasteiger partial charge in [0, 0.05) is 5.56 Å². The SMILES string of the molecule is COc1cccc(-c2[nH]nc3c2C(c2ccc(OCC(N)=O)c(OC)c2)C(C#N)=C(N)O3)c1. The van der Waals surface area contributed by atoms with Gasteiger partial charge in [0.15, 0.2) is 18.1 Å². The lowest BCUT2D eigenvalue weighted by molar-refractivity contribution is -0.119. The molecule has 0 radical (unpaired) electrons. The molecule has 1 aromatic heterocycles. The largest absolute Gasteiger partial charge is 0.497 e. The molecule has 2 heterocycles. The molecule has 168 valence electrons. The minimum atomic E-state index is -0.612. The first-order valence-electron chi connectivity index (χ1n) is 9.86. The van der Waals surface area contributed by atoms with E-state index >= 15 is 0 Å². The highest BCUT2D eigenvalue weighted by Gasteiger charge is 2.36. The maximum Gasteiger partial charge on any atom is 0.255 e. The zero-order chi connectivity index (χ0) is 23.5.